The number of methoxy groups -OCH3 is 1. The molecule has 3 aromatic rings. The number of fused-ring (bicyclic) bond motifs is 1. The molecule has 0 unspecified atom stereocenters. The van der Waals surface area contributed by atoms with Crippen molar-refractivity contribution in [3.8, 4) is 5.75 Å². The summed E-state index contributed by atoms with van der Waals surface area (Å²) in [6.45, 7) is 0.779. The molecule has 4 rings (SSSR count). The molecular weight excluding hydrogens is 340 g/mol. The molecule has 5 nitrogen and oxygen atoms in total. The SMILES string of the molecule is COc1ccc2c(c1)CCN(c1ccccc1)[C@H]2c1ccccc1[N+](=O)[O-]. The number of anilines is 1. The van der Waals surface area contributed by atoms with Crippen LogP contribution in [0.15, 0.2) is 72.8 Å². The molecule has 0 bridgehead atoms. The molecule has 0 aliphatic carbocycles. The van der Waals surface area contributed by atoms with Crippen molar-refractivity contribution in [2.75, 3.05) is 18.6 Å². The summed E-state index contributed by atoms with van der Waals surface area (Å²) in [5, 5.41) is 11.7. The first kappa shape index (κ1) is 17.1. The smallest absolute Gasteiger partial charge is 0.275 e. The number of hydrogen-bond acceptors (Lipinski definition) is 4. The van der Waals surface area contributed by atoms with E-state index in [4.69, 9.17) is 4.74 Å². The Morgan fingerprint density at radius 2 is 1.74 bits per heavy atom. The van der Waals surface area contributed by atoms with Gasteiger partial charge >= 0.3 is 0 Å². The third-order valence-corrected chi connectivity index (χ3v) is 5.09. The molecule has 0 spiro atoms. The Bertz CT molecular complexity index is 972. The minimum atomic E-state index is -0.295. The average molecular weight is 360 g/mol. The lowest BCUT2D eigenvalue weighted by Crippen LogP contribution is -2.36. The standard InChI is InChI=1S/C22H20N2O3/c1-27-18-11-12-19-16(15-18)13-14-23(17-7-3-2-4-8-17)22(19)20-9-5-6-10-21(20)24(25)26/h2-12,15,22H,13-14H2,1H3/t22-/m1/s1. The second-order valence-corrected chi connectivity index (χ2v) is 6.56. The predicted molar refractivity (Wildman–Crippen MR) is 105 cm³/mol. The molecule has 0 fully saturated rings. The molecule has 136 valence electrons. The third-order valence-electron chi connectivity index (χ3n) is 5.09. The fraction of sp³-hybridized carbons (Fsp3) is 0.182. The van der Waals surface area contributed by atoms with Crippen molar-refractivity contribution in [2.45, 2.75) is 12.5 Å². The summed E-state index contributed by atoms with van der Waals surface area (Å²) < 4.78 is 5.37. The molecule has 1 aliphatic rings. The fourth-order valence-corrected chi connectivity index (χ4v) is 3.85. The summed E-state index contributed by atoms with van der Waals surface area (Å²) in [6, 6.07) is 22.9. The van der Waals surface area contributed by atoms with Gasteiger partial charge in [-0.05, 0) is 47.9 Å². The molecule has 0 amide bonds. The van der Waals surface area contributed by atoms with Crippen LogP contribution in [0, 0.1) is 10.1 Å². The second-order valence-electron chi connectivity index (χ2n) is 6.56. The zero-order valence-corrected chi connectivity index (χ0v) is 15.0. The number of benzene rings is 3. The molecule has 0 aromatic heterocycles. The van der Waals surface area contributed by atoms with Gasteiger partial charge in [-0.3, -0.25) is 10.1 Å². The van der Waals surface area contributed by atoms with Crippen LogP contribution in [-0.4, -0.2) is 18.6 Å². The first-order chi connectivity index (χ1) is 13.2. The zero-order chi connectivity index (χ0) is 18.8. The minimum absolute atomic E-state index is 0.145. The Balaban J connectivity index is 1.91. The molecule has 3 aromatic carbocycles. The maximum absolute atomic E-state index is 11.7. The number of nitrogens with zero attached hydrogens (tertiary/aromatic N) is 2. The first-order valence-corrected chi connectivity index (χ1v) is 8.91. The van der Waals surface area contributed by atoms with E-state index in [0.29, 0.717) is 5.56 Å². The van der Waals surface area contributed by atoms with Crippen molar-refractivity contribution in [3.63, 3.8) is 0 Å². The van der Waals surface area contributed by atoms with E-state index in [1.807, 2.05) is 48.5 Å². The normalized spacial score (nSPS) is 15.9. The molecule has 0 saturated carbocycles. The summed E-state index contributed by atoms with van der Waals surface area (Å²) >= 11 is 0. The van der Waals surface area contributed by atoms with E-state index in [0.717, 1.165) is 30.0 Å². The predicted octanol–water partition coefficient (Wildman–Crippen LogP) is 4.76. The van der Waals surface area contributed by atoms with Crippen molar-refractivity contribution in [3.05, 3.63) is 99.6 Å². The van der Waals surface area contributed by atoms with Crippen LogP contribution in [0.25, 0.3) is 0 Å². The molecule has 5 heteroatoms. The van der Waals surface area contributed by atoms with Crippen LogP contribution in [0.5, 0.6) is 5.75 Å². The number of ether oxygens (including phenoxy) is 1. The number of rotatable bonds is 4. The zero-order valence-electron chi connectivity index (χ0n) is 15.0. The molecule has 1 aliphatic heterocycles. The fourth-order valence-electron chi connectivity index (χ4n) is 3.85. The highest BCUT2D eigenvalue weighted by Gasteiger charge is 2.33. The Hall–Kier alpha value is -3.34. The summed E-state index contributed by atoms with van der Waals surface area (Å²) in [5.41, 5.74) is 4.16. The third kappa shape index (κ3) is 3.12. The van der Waals surface area contributed by atoms with Gasteiger partial charge in [-0.2, -0.15) is 0 Å². The summed E-state index contributed by atoms with van der Waals surface area (Å²) in [4.78, 5) is 13.6. The summed E-state index contributed by atoms with van der Waals surface area (Å²) in [7, 11) is 1.65. The molecular formula is C22H20N2O3. The van der Waals surface area contributed by atoms with Gasteiger partial charge in [-0.15, -0.1) is 0 Å². The Labute approximate surface area is 158 Å². The second kappa shape index (κ2) is 7.11. The summed E-state index contributed by atoms with van der Waals surface area (Å²) in [5.74, 6) is 0.809. The maximum Gasteiger partial charge on any atom is 0.275 e. The van der Waals surface area contributed by atoms with E-state index in [2.05, 4.69) is 17.0 Å². The topological polar surface area (TPSA) is 55.6 Å². The Kier molecular flexibility index (Phi) is 4.50. The lowest BCUT2D eigenvalue weighted by Gasteiger charge is -2.39. The highest BCUT2D eigenvalue weighted by molar-refractivity contribution is 5.60. The highest BCUT2D eigenvalue weighted by atomic mass is 16.6. The van der Waals surface area contributed by atoms with Gasteiger partial charge in [0.2, 0.25) is 0 Å². The van der Waals surface area contributed by atoms with Crippen molar-refractivity contribution in [1.82, 2.24) is 0 Å². The number of para-hydroxylation sites is 2. The van der Waals surface area contributed by atoms with Gasteiger partial charge < -0.3 is 9.64 Å². The Morgan fingerprint density at radius 1 is 1.00 bits per heavy atom. The van der Waals surface area contributed by atoms with Crippen LogP contribution in [-0.2, 0) is 6.42 Å². The van der Waals surface area contributed by atoms with Crippen molar-refractivity contribution in [1.29, 1.82) is 0 Å². The van der Waals surface area contributed by atoms with Crippen LogP contribution < -0.4 is 9.64 Å². The molecule has 27 heavy (non-hydrogen) atoms. The van der Waals surface area contributed by atoms with Crippen molar-refractivity contribution < 1.29 is 9.66 Å². The quantitative estimate of drug-likeness (QED) is 0.497. The highest BCUT2D eigenvalue weighted by Crippen LogP contribution is 2.42. The number of nitro groups is 1. The van der Waals surface area contributed by atoms with Gasteiger partial charge in [0, 0.05) is 18.3 Å². The Morgan fingerprint density at radius 3 is 2.48 bits per heavy atom. The van der Waals surface area contributed by atoms with Crippen molar-refractivity contribution in [2.24, 2.45) is 0 Å². The van der Waals surface area contributed by atoms with E-state index >= 15 is 0 Å². The maximum atomic E-state index is 11.7. The van der Waals surface area contributed by atoms with Gasteiger partial charge in [0.05, 0.1) is 23.6 Å². The molecule has 1 heterocycles. The summed E-state index contributed by atoms with van der Waals surface area (Å²) in [6.07, 6.45) is 0.860. The largest absolute Gasteiger partial charge is 0.497 e. The number of nitro benzene ring substituents is 1. The van der Waals surface area contributed by atoms with Gasteiger partial charge in [-0.1, -0.05) is 36.4 Å². The van der Waals surface area contributed by atoms with Gasteiger partial charge in [0.25, 0.3) is 5.69 Å². The van der Waals surface area contributed by atoms with Gasteiger partial charge in [-0.25, -0.2) is 0 Å². The van der Waals surface area contributed by atoms with Crippen LogP contribution in [0.1, 0.15) is 22.7 Å². The lowest BCUT2D eigenvalue weighted by molar-refractivity contribution is -0.385. The van der Waals surface area contributed by atoms with E-state index in [1.54, 1.807) is 19.2 Å². The van der Waals surface area contributed by atoms with Gasteiger partial charge in [0.1, 0.15) is 5.75 Å². The number of hydrogen-bond donors (Lipinski definition) is 0. The van der Waals surface area contributed by atoms with E-state index in [9.17, 15) is 10.1 Å². The molecule has 0 N–H and O–H groups in total. The monoisotopic (exact) mass is 360 g/mol. The average Bonchev–Trinajstić information content (AvgIpc) is 2.73. The van der Waals surface area contributed by atoms with Crippen LogP contribution in [0.2, 0.25) is 0 Å². The molecule has 1 atom stereocenters. The first-order valence-electron chi connectivity index (χ1n) is 8.91. The van der Waals surface area contributed by atoms with Crippen molar-refractivity contribution >= 4 is 11.4 Å². The van der Waals surface area contributed by atoms with E-state index in [-0.39, 0.29) is 16.7 Å². The lowest BCUT2D eigenvalue weighted by atomic mass is 9.87. The van der Waals surface area contributed by atoms with E-state index in [1.165, 1.54) is 5.56 Å². The minimum Gasteiger partial charge on any atom is -0.497 e. The van der Waals surface area contributed by atoms with Crippen LogP contribution in [0.3, 0.4) is 0 Å². The van der Waals surface area contributed by atoms with E-state index < -0.39 is 0 Å². The molecule has 0 radical (unpaired) electrons. The van der Waals surface area contributed by atoms with Crippen LogP contribution in [0.4, 0.5) is 11.4 Å². The van der Waals surface area contributed by atoms with Crippen LogP contribution >= 0.6 is 0 Å². The van der Waals surface area contributed by atoms with Gasteiger partial charge in [0.15, 0.2) is 0 Å². The molecule has 0 saturated heterocycles.